The fraction of sp³-hybridized carbons (Fsp3) is 0.643. The quantitative estimate of drug-likeness (QED) is 0.850. The molecule has 3 rings (SSSR count). The maximum Gasteiger partial charge on any atom is 0.409 e. The van der Waals surface area contributed by atoms with Crippen LogP contribution in [0.3, 0.4) is 0 Å². The van der Waals surface area contributed by atoms with E-state index in [1.807, 2.05) is 6.92 Å². The molecule has 1 aromatic heterocycles. The molecule has 0 bridgehead atoms. The Morgan fingerprint density at radius 2 is 2.14 bits per heavy atom. The van der Waals surface area contributed by atoms with E-state index in [1.54, 1.807) is 11.2 Å². The molecule has 2 aliphatic rings. The van der Waals surface area contributed by atoms with Crippen LogP contribution in [0.5, 0.6) is 0 Å². The van der Waals surface area contributed by atoms with Crippen LogP contribution in [0.4, 0.5) is 10.6 Å². The highest BCUT2D eigenvalue weighted by Gasteiger charge is 2.25. The third kappa shape index (κ3) is 2.92. The molecule has 114 valence electrons. The van der Waals surface area contributed by atoms with Gasteiger partial charge in [0.15, 0.2) is 0 Å². The van der Waals surface area contributed by atoms with Crippen molar-refractivity contribution in [3.8, 4) is 0 Å². The summed E-state index contributed by atoms with van der Waals surface area (Å²) in [6.45, 7) is 6.95. The molecule has 0 aromatic carbocycles. The zero-order valence-electron chi connectivity index (χ0n) is 12.3. The first-order chi connectivity index (χ1) is 10.3. The van der Waals surface area contributed by atoms with Gasteiger partial charge in [-0.1, -0.05) is 0 Å². The number of carbonyl (C=O) groups is 1. The van der Waals surface area contributed by atoms with Gasteiger partial charge < -0.3 is 19.9 Å². The van der Waals surface area contributed by atoms with E-state index in [0.717, 1.165) is 44.1 Å². The summed E-state index contributed by atoms with van der Waals surface area (Å²) in [5, 5.41) is 3.37. The third-order valence-electron chi connectivity index (χ3n) is 3.96. The maximum absolute atomic E-state index is 11.7. The van der Waals surface area contributed by atoms with Crippen LogP contribution in [-0.4, -0.2) is 60.3 Å². The Morgan fingerprint density at radius 3 is 2.90 bits per heavy atom. The van der Waals surface area contributed by atoms with Crippen molar-refractivity contribution in [3.63, 3.8) is 0 Å². The average Bonchev–Trinajstić information content (AvgIpc) is 2.55. The smallest absolute Gasteiger partial charge is 0.409 e. The van der Waals surface area contributed by atoms with Crippen molar-refractivity contribution in [3.05, 3.63) is 17.6 Å². The second kappa shape index (κ2) is 6.26. The Labute approximate surface area is 124 Å². The SMILES string of the molecule is CCOC(=O)N1CCN(c2ncnc3c2CNCC3)CC1. The van der Waals surface area contributed by atoms with E-state index in [9.17, 15) is 4.79 Å². The minimum atomic E-state index is -0.219. The van der Waals surface area contributed by atoms with Gasteiger partial charge in [-0.05, 0) is 6.92 Å². The lowest BCUT2D eigenvalue weighted by molar-refractivity contribution is 0.105. The minimum absolute atomic E-state index is 0.219. The Morgan fingerprint density at radius 1 is 1.33 bits per heavy atom. The molecule has 7 heteroatoms. The number of nitrogens with one attached hydrogen (secondary N) is 1. The molecular formula is C14H21N5O2. The van der Waals surface area contributed by atoms with Gasteiger partial charge in [0.2, 0.25) is 0 Å². The zero-order valence-corrected chi connectivity index (χ0v) is 12.3. The first kappa shape index (κ1) is 14.1. The van der Waals surface area contributed by atoms with Crippen LogP contribution in [0.1, 0.15) is 18.2 Å². The maximum atomic E-state index is 11.7. The molecular weight excluding hydrogens is 270 g/mol. The largest absolute Gasteiger partial charge is 0.450 e. The van der Waals surface area contributed by atoms with Crippen molar-refractivity contribution >= 4 is 11.9 Å². The number of piperazine rings is 1. The van der Waals surface area contributed by atoms with E-state index in [-0.39, 0.29) is 6.09 Å². The van der Waals surface area contributed by atoms with Crippen molar-refractivity contribution in [1.82, 2.24) is 20.2 Å². The molecule has 0 saturated carbocycles. The number of anilines is 1. The summed E-state index contributed by atoms with van der Waals surface area (Å²) in [6, 6.07) is 0. The van der Waals surface area contributed by atoms with Crippen LogP contribution in [0.25, 0.3) is 0 Å². The number of fused-ring (bicyclic) bond motifs is 1. The van der Waals surface area contributed by atoms with Crippen molar-refractivity contribution < 1.29 is 9.53 Å². The molecule has 0 radical (unpaired) electrons. The Hall–Kier alpha value is -1.89. The molecule has 21 heavy (non-hydrogen) atoms. The summed E-state index contributed by atoms with van der Waals surface area (Å²) in [6.07, 6.45) is 2.38. The second-order valence-corrected chi connectivity index (χ2v) is 5.22. The van der Waals surface area contributed by atoms with Crippen LogP contribution in [0, 0.1) is 0 Å². The standard InChI is InChI=1S/C14H21N5O2/c1-2-21-14(20)19-7-5-18(6-8-19)13-11-9-15-4-3-12(11)16-10-17-13/h10,15H,2-9H2,1H3. The summed E-state index contributed by atoms with van der Waals surface area (Å²) < 4.78 is 5.05. The van der Waals surface area contributed by atoms with Crippen LogP contribution in [-0.2, 0) is 17.7 Å². The molecule has 1 N–H and O–H groups in total. The summed E-state index contributed by atoms with van der Waals surface area (Å²) >= 11 is 0. The number of hydrogen-bond acceptors (Lipinski definition) is 6. The predicted octanol–water partition coefficient (Wildman–Crippen LogP) is 0.401. The summed E-state index contributed by atoms with van der Waals surface area (Å²) in [4.78, 5) is 24.6. The number of carbonyl (C=O) groups excluding carboxylic acids is 1. The third-order valence-corrected chi connectivity index (χ3v) is 3.96. The predicted molar refractivity (Wildman–Crippen MR) is 78.3 cm³/mol. The van der Waals surface area contributed by atoms with Gasteiger partial charge in [-0.3, -0.25) is 0 Å². The number of amides is 1. The highest BCUT2D eigenvalue weighted by molar-refractivity contribution is 5.68. The molecule has 3 heterocycles. The topological polar surface area (TPSA) is 70.6 Å². The molecule has 1 amide bonds. The van der Waals surface area contributed by atoms with Gasteiger partial charge in [-0.25, -0.2) is 14.8 Å². The Kier molecular flexibility index (Phi) is 4.19. The first-order valence-corrected chi connectivity index (χ1v) is 7.49. The van der Waals surface area contributed by atoms with Gasteiger partial charge in [0.05, 0.1) is 12.3 Å². The monoisotopic (exact) mass is 291 g/mol. The van der Waals surface area contributed by atoms with Gasteiger partial charge in [0.25, 0.3) is 0 Å². The highest BCUT2D eigenvalue weighted by atomic mass is 16.6. The van der Waals surface area contributed by atoms with Gasteiger partial charge in [-0.2, -0.15) is 0 Å². The molecule has 0 spiro atoms. The van der Waals surface area contributed by atoms with Crippen LogP contribution >= 0.6 is 0 Å². The Bertz CT molecular complexity index is 514. The molecule has 0 atom stereocenters. The summed E-state index contributed by atoms with van der Waals surface area (Å²) in [7, 11) is 0. The molecule has 0 aliphatic carbocycles. The molecule has 0 unspecified atom stereocenters. The normalized spacial score (nSPS) is 18.3. The average molecular weight is 291 g/mol. The minimum Gasteiger partial charge on any atom is -0.450 e. The van der Waals surface area contributed by atoms with Crippen LogP contribution < -0.4 is 10.2 Å². The lowest BCUT2D eigenvalue weighted by atomic mass is 10.1. The van der Waals surface area contributed by atoms with E-state index >= 15 is 0 Å². The van der Waals surface area contributed by atoms with Gasteiger partial charge in [-0.15, -0.1) is 0 Å². The lowest BCUT2D eigenvalue weighted by Crippen LogP contribution is -2.49. The van der Waals surface area contributed by atoms with E-state index in [1.165, 1.54) is 5.56 Å². The number of rotatable bonds is 2. The number of nitrogens with zero attached hydrogens (tertiary/aromatic N) is 4. The van der Waals surface area contributed by atoms with Gasteiger partial charge in [0, 0.05) is 51.3 Å². The first-order valence-electron chi connectivity index (χ1n) is 7.49. The van der Waals surface area contributed by atoms with Crippen molar-refractivity contribution in [1.29, 1.82) is 0 Å². The molecule has 1 fully saturated rings. The number of aromatic nitrogens is 2. The highest BCUT2D eigenvalue weighted by Crippen LogP contribution is 2.23. The van der Waals surface area contributed by atoms with Crippen molar-refractivity contribution in [2.45, 2.75) is 19.9 Å². The van der Waals surface area contributed by atoms with E-state index in [4.69, 9.17) is 4.74 Å². The lowest BCUT2D eigenvalue weighted by Gasteiger charge is -2.36. The molecule has 7 nitrogen and oxygen atoms in total. The van der Waals surface area contributed by atoms with E-state index in [0.29, 0.717) is 19.7 Å². The summed E-state index contributed by atoms with van der Waals surface area (Å²) in [5.41, 5.74) is 2.35. The van der Waals surface area contributed by atoms with Crippen LogP contribution in [0.2, 0.25) is 0 Å². The number of ether oxygens (including phenoxy) is 1. The fourth-order valence-electron chi connectivity index (χ4n) is 2.84. The molecule has 2 aliphatic heterocycles. The molecule has 1 saturated heterocycles. The van der Waals surface area contributed by atoms with Crippen molar-refractivity contribution in [2.24, 2.45) is 0 Å². The van der Waals surface area contributed by atoms with Crippen LogP contribution in [0.15, 0.2) is 6.33 Å². The van der Waals surface area contributed by atoms with E-state index in [2.05, 4.69) is 20.2 Å². The zero-order chi connectivity index (χ0) is 14.7. The summed E-state index contributed by atoms with van der Waals surface area (Å²) in [5.74, 6) is 1.01. The Balaban J connectivity index is 1.69. The van der Waals surface area contributed by atoms with Gasteiger partial charge in [0.1, 0.15) is 12.1 Å². The van der Waals surface area contributed by atoms with Crippen molar-refractivity contribution in [2.75, 3.05) is 44.2 Å². The second-order valence-electron chi connectivity index (χ2n) is 5.22. The fourth-order valence-corrected chi connectivity index (χ4v) is 2.84. The molecule has 1 aromatic rings. The number of hydrogen-bond donors (Lipinski definition) is 1. The van der Waals surface area contributed by atoms with Gasteiger partial charge >= 0.3 is 6.09 Å². The van der Waals surface area contributed by atoms with E-state index < -0.39 is 0 Å².